The quantitative estimate of drug-likeness (QED) is 0.875. The Bertz CT molecular complexity index is 615. The molecular formula is C18H23F3N2O2. The van der Waals surface area contributed by atoms with Crippen molar-refractivity contribution in [3.05, 3.63) is 23.9 Å². The molecule has 1 aromatic rings. The average molecular weight is 356 g/mol. The van der Waals surface area contributed by atoms with Gasteiger partial charge >= 0.3 is 12.1 Å². The zero-order valence-electron chi connectivity index (χ0n) is 14.1. The summed E-state index contributed by atoms with van der Waals surface area (Å²) in [6.45, 7) is 1.41. The van der Waals surface area contributed by atoms with Gasteiger partial charge in [-0.15, -0.1) is 0 Å². The number of halogens is 3. The lowest BCUT2D eigenvalue weighted by atomic mass is 9.65. The molecule has 2 heterocycles. The number of anilines is 1. The summed E-state index contributed by atoms with van der Waals surface area (Å²) in [6.07, 6.45) is 2.91. The van der Waals surface area contributed by atoms with Gasteiger partial charge in [-0.1, -0.05) is 0 Å². The Morgan fingerprint density at radius 2 is 1.88 bits per heavy atom. The minimum absolute atomic E-state index is 0.229. The van der Waals surface area contributed by atoms with Gasteiger partial charge in [0, 0.05) is 25.7 Å². The Labute approximate surface area is 145 Å². The molecule has 0 atom stereocenters. The number of aromatic nitrogens is 1. The van der Waals surface area contributed by atoms with Crippen molar-refractivity contribution in [3.8, 4) is 0 Å². The minimum atomic E-state index is -4.35. The molecule has 25 heavy (non-hydrogen) atoms. The Hall–Kier alpha value is -1.79. The second-order valence-corrected chi connectivity index (χ2v) is 7.43. The van der Waals surface area contributed by atoms with E-state index in [-0.39, 0.29) is 17.8 Å². The van der Waals surface area contributed by atoms with Gasteiger partial charge in [-0.2, -0.15) is 13.2 Å². The van der Waals surface area contributed by atoms with E-state index in [1.165, 1.54) is 6.20 Å². The zero-order valence-corrected chi connectivity index (χ0v) is 14.1. The molecule has 0 radical (unpaired) electrons. The molecule has 1 saturated heterocycles. The molecule has 4 nitrogen and oxygen atoms in total. The molecule has 2 fully saturated rings. The summed E-state index contributed by atoms with van der Waals surface area (Å²) in [7, 11) is 0. The van der Waals surface area contributed by atoms with Crippen LogP contribution in [0.25, 0.3) is 0 Å². The molecule has 3 rings (SSSR count). The number of nitrogens with zero attached hydrogens (tertiary/aromatic N) is 2. The summed E-state index contributed by atoms with van der Waals surface area (Å²) >= 11 is 0. The molecule has 1 N–H and O–H groups in total. The topological polar surface area (TPSA) is 53.4 Å². The van der Waals surface area contributed by atoms with Crippen molar-refractivity contribution >= 4 is 11.8 Å². The van der Waals surface area contributed by atoms with Crippen LogP contribution < -0.4 is 4.90 Å². The molecule has 7 heteroatoms. The highest BCUT2D eigenvalue weighted by atomic mass is 19.4. The molecule has 0 bridgehead atoms. The molecule has 1 saturated carbocycles. The van der Waals surface area contributed by atoms with Crippen molar-refractivity contribution in [2.45, 2.75) is 51.1 Å². The van der Waals surface area contributed by atoms with E-state index in [0.29, 0.717) is 18.9 Å². The third-order valence-electron chi connectivity index (χ3n) is 5.85. The fraction of sp³-hybridized carbons (Fsp3) is 0.667. The van der Waals surface area contributed by atoms with Crippen molar-refractivity contribution in [3.63, 3.8) is 0 Å². The van der Waals surface area contributed by atoms with Gasteiger partial charge in [-0.05, 0) is 62.0 Å². The van der Waals surface area contributed by atoms with Crippen LogP contribution in [-0.4, -0.2) is 29.1 Å². The molecule has 138 valence electrons. The fourth-order valence-corrected chi connectivity index (χ4v) is 4.22. The van der Waals surface area contributed by atoms with Gasteiger partial charge in [-0.3, -0.25) is 4.79 Å². The molecule has 0 amide bonds. The summed E-state index contributed by atoms with van der Waals surface area (Å²) < 4.78 is 38.6. The lowest BCUT2D eigenvalue weighted by Crippen LogP contribution is -2.42. The number of alkyl halides is 3. The van der Waals surface area contributed by atoms with Crippen LogP contribution in [-0.2, 0) is 11.0 Å². The Morgan fingerprint density at radius 3 is 2.44 bits per heavy atom. The van der Waals surface area contributed by atoms with Gasteiger partial charge in [0.15, 0.2) is 0 Å². The van der Waals surface area contributed by atoms with Crippen LogP contribution in [0.4, 0.5) is 19.0 Å². The smallest absolute Gasteiger partial charge is 0.416 e. The second kappa shape index (κ2) is 6.84. The standard InChI is InChI=1S/C18H23F3N2O2/c19-18(20,21)14-3-8-22-15(12-14)23-9-6-17(7-10-23)4-1-13(2-5-17)11-16(24)25/h3,8,12-13H,1-2,4-7,9-11H2,(H,24,25). The van der Waals surface area contributed by atoms with Crippen molar-refractivity contribution in [2.75, 3.05) is 18.0 Å². The van der Waals surface area contributed by atoms with Crippen molar-refractivity contribution in [1.29, 1.82) is 0 Å². The molecule has 1 aliphatic carbocycles. The van der Waals surface area contributed by atoms with Gasteiger partial charge in [0.05, 0.1) is 5.56 Å². The Morgan fingerprint density at radius 1 is 1.24 bits per heavy atom. The second-order valence-electron chi connectivity index (χ2n) is 7.43. The molecule has 2 aliphatic rings. The summed E-state index contributed by atoms with van der Waals surface area (Å²) in [5.41, 5.74) is -0.431. The number of piperidine rings is 1. The number of hydrogen-bond donors (Lipinski definition) is 1. The Balaban J connectivity index is 1.59. The van der Waals surface area contributed by atoms with Gasteiger partial charge in [0.25, 0.3) is 0 Å². The molecule has 1 aromatic heterocycles. The van der Waals surface area contributed by atoms with Crippen molar-refractivity contribution < 1.29 is 23.1 Å². The maximum Gasteiger partial charge on any atom is 0.416 e. The first-order valence-electron chi connectivity index (χ1n) is 8.77. The van der Waals surface area contributed by atoms with Crippen LogP contribution in [0.1, 0.15) is 50.5 Å². The first-order chi connectivity index (χ1) is 11.8. The highest BCUT2D eigenvalue weighted by Gasteiger charge is 2.39. The minimum Gasteiger partial charge on any atom is -0.481 e. The van der Waals surface area contributed by atoms with Crippen LogP contribution in [0.2, 0.25) is 0 Å². The highest BCUT2D eigenvalue weighted by molar-refractivity contribution is 5.67. The van der Waals surface area contributed by atoms with Gasteiger partial charge in [0.2, 0.25) is 0 Å². The lowest BCUT2D eigenvalue weighted by Gasteiger charge is -2.46. The van der Waals surface area contributed by atoms with Crippen LogP contribution in [0.5, 0.6) is 0 Å². The predicted octanol–water partition coefficient (Wildman–Crippen LogP) is 4.35. The molecule has 0 unspecified atom stereocenters. The maximum atomic E-state index is 12.9. The number of carboxylic acids is 1. The summed E-state index contributed by atoms with van der Waals surface area (Å²) in [4.78, 5) is 16.9. The highest BCUT2D eigenvalue weighted by Crippen LogP contribution is 2.47. The zero-order chi connectivity index (χ0) is 18.1. The number of carbonyl (C=O) groups is 1. The van der Waals surface area contributed by atoms with E-state index in [1.807, 2.05) is 4.90 Å². The van der Waals surface area contributed by atoms with E-state index in [0.717, 1.165) is 50.7 Å². The number of carboxylic acid groups (broad SMARTS) is 1. The third kappa shape index (κ3) is 4.25. The van der Waals surface area contributed by atoms with Gasteiger partial charge in [-0.25, -0.2) is 4.98 Å². The molecule has 0 aromatic carbocycles. The maximum absolute atomic E-state index is 12.9. The lowest BCUT2D eigenvalue weighted by molar-refractivity contribution is -0.139. The SMILES string of the molecule is O=C(O)CC1CCC2(CC1)CCN(c1cc(C(F)(F)F)ccn1)CC2. The average Bonchev–Trinajstić information content (AvgIpc) is 2.57. The van der Waals surface area contributed by atoms with Crippen LogP contribution in [0, 0.1) is 11.3 Å². The summed E-state index contributed by atoms with van der Waals surface area (Å²) in [5.74, 6) is -0.0677. The molecular weight excluding hydrogens is 333 g/mol. The Kier molecular flexibility index (Phi) is 4.93. The number of pyridine rings is 1. The van der Waals surface area contributed by atoms with Crippen molar-refractivity contribution in [1.82, 2.24) is 4.98 Å². The largest absolute Gasteiger partial charge is 0.481 e. The van der Waals surface area contributed by atoms with Gasteiger partial charge < -0.3 is 10.0 Å². The van der Waals surface area contributed by atoms with E-state index in [9.17, 15) is 18.0 Å². The number of hydrogen-bond acceptors (Lipinski definition) is 3. The monoisotopic (exact) mass is 356 g/mol. The summed E-state index contributed by atoms with van der Waals surface area (Å²) in [5, 5.41) is 8.91. The van der Waals surface area contributed by atoms with E-state index in [4.69, 9.17) is 5.11 Å². The van der Waals surface area contributed by atoms with Crippen molar-refractivity contribution in [2.24, 2.45) is 11.3 Å². The van der Waals surface area contributed by atoms with Gasteiger partial charge in [0.1, 0.15) is 5.82 Å². The van der Waals surface area contributed by atoms with E-state index in [1.54, 1.807) is 0 Å². The first kappa shape index (κ1) is 18.0. The van der Waals surface area contributed by atoms with Crippen LogP contribution >= 0.6 is 0 Å². The fourth-order valence-electron chi connectivity index (χ4n) is 4.22. The molecule has 1 aliphatic heterocycles. The van der Waals surface area contributed by atoms with Crippen LogP contribution in [0.15, 0.2) is 18.3 Å². The predicted molar refractivity (Wildman–Crippen MR) is 87.3 cm³/mol. The van der Waals surface area contributed by atoms with E-state index < -0.39 is 17.7 Å². The molecule has 1 spiro atoms. The van der Waals surface area contributed by atoms with Crippen LogP contribution in [0.3, 0.4) is 0 Å². The normalized spacial score (nSPS) is 21.5. The van der Waals surface area contributed by atoms with E-state index >= 15 is 0 Å². The summed E-state index contributed by atoms with van der Waals surface area (Å²) in [6, 6.07) is 2.13. The number of aliphatic carboxylic acids is 1. The first-order valence-corrected chi connectivity index (χ1v) is 8.77. The number of rotatable bonds is 3. The third-order valence-corrected chi connectivity index (χ3v) is 5.85. The van der Waals surface area contributed by atoms with E-state index in [2.05, 4.69) is 4.98 Å².